The molecule has 0 unspecified atom stereocenters. The summed E-state index contributed by atoms with van der Waals surface area (Å²) in [6, 6.07) is 3.81. The van der Waals surface area contributed by atoms with Crippen LogP contribution in [0.2, 0.25) is 0 Å². The molecule has 1 aromatic heterocycles. The lowest BCUT2D eigenvalue weighted by atomic mass is 10.2. The Hall–Kier alpha value is -1.89. The first kappa shape index (κ1) is 15.5. The number of benzene rings is 1. The first-order valence-electron chi connectivity index (χ1n) is 6.19. The molecule has 1 heterocycles. The van der Waals surface area contributed by atoms with Crippen molar-refractivity contribution in [3.8, 4) is 0 Å². The molecular formula is C14H13BrF2N2O2. The van der Waals surface area contributed by atoms with Gasteiger partial charge in [-0.05, 0) is 41.1 Å². The highest BCUT2D eigenvalue weighted by molar-refractivity contribution is 9.10. The number of carbonyl (C=O) groups excluding carboxylic acids is 1. The molecule has 0 radical (unpaired) electrons. The van der Waals surface area contributed by atoms with Crippen molar-refractivity contribution in [2.45, 2.75) is 20.1 Å². The predicted octanol–water partition coefficient (Wildman–Crippen LogP) is 3.49. The molecule has 0 spiro atoms. The third kappa shape index (κ3) is 3.24. The topological polar surface area (TPSA) is 57.2 Å². The molecule has 0 aliphatic rings. The van der Waals surface area contributed by atoms with Crippen molar-refractivity contribution in [2.24, 2.45) is 0 Å². The number of ether oxygens (including phenoxy) is 1. The second kappa shape index (κ2) is 6.26. The largest absolute Gasteiger partial charge is 0.456 e. The number of anilines is 1. The van der Waals surface area contributed by atoms with E-state index in [1.165, 1.54) is 12.1 Å². The molecule has 21 heavy (non-hydrogen) atoms. The number of hydrogen-bond donors (Lipinski definition) is 1. The molecule has 0 atom stereocenters. The number of nitrogens with zero attached hydrogens (tertiary/aromatic N) is 1. The maximum atomic E-state index is 13.8. The van der Waals surface area contributed by atoms with E-state index in [0.29, 0.717) is 12.2 Å². The summed E-state index contributed by atoms with van der Waals surface area (Å²) in [6.45, 7) is 1.87. The van der Waals surface area contributed by atoms with Crippen LogP contribution < -0.4 is 5.73 Å². The van der Waals surface area contributed by atoms with Gasteiger partial charge in [0.25, 0.3) is 0 Å². The highest BCUT2D eigenvalue weighted by atomic mass is 79.9. The number of aryl methyl sites for hydroxylation is 1. The van der Waals surface area contributed by atoms with E-state index in [0.717, 1.165) is 6.07 Å². The van der Waals surface area contributed by atoms with E-state index in [9.17, 15) is 13.6 Å². The Balaban J connectivity index is 2.17. The van der Waals surface area contributed by atoms with Crippen LogP contribution in [0.3, 0.4) is 0 Å². The summed E-state index contributed by atoms with van der Waals surface area (Å²) >= 11 is 2.96. The molecule has 0 aliphatic heterocycles. The van der Waals surface area contributed by atoms with E-state index >= 15 is 0 Å². The third-order valence-corrected chi connectivity index (χ3v) is 3.57. The molecule has 2 aromatic rings. The molecule has 1 aromatic carbocycles. The van der Waals surface area contributed by atoms with Gasteiger partial charge in [0.1, 0.15) is 23.9 Å². The van der Waals surface area contributed by atoms with E-state index < -0.39 is 24.2 Å². The fourth-order valence-electron chi connectivity index (χ4n) is 1.88. The monoisotopic (exact) mass is 358 g/mol. The van der Waals surface area contributed by atoms with Gasteiger partial charge in [-0.15, -0.1) is 0 Å². The zero-order valence-electron chi connectivity index (χ0n) is 11.2. The summed E-state index contributed by atoms with van der Waals surface area (Å²) in [5.74, 6) is -2.24. The van der Waals surface area contributed by atoms with Gasteiger partial charge in [0.05, 0.1) is 15.7 Å². The van der Waals surface area contributed by atoms with Crippen molar-refractivity contribution in [3.63, 3.8) is 0 Å². The van der Waals surface area contributed by atoms with Gasteiger partial charge in [-0.3, -0.25) is 0 Å². The Morgan fingerprint density at radius 1 is 1.43 bits per heavy atom. The van der Waals surface area contributed by atoms with Crippen molar-refractivity contribution >= 4 is 27.6 Å². The molecule has 2 N–H and O–H groups in total. The maximum Gasteiger partial charge on any atom is 0.355 e. The van der Waals surface area contributed by atoms with Crippen molar-refractivity contribution < 1.29 is 18.3 Å². The third-order valence-electron chi connectivity index (χ3n) is 2.95. The van der Waals surface area contributed by atoms with Crippen LogP contribution in [0.4, 0.5) is 14.5 Å². The van der Waals surface area contributed by atoms with Crippen molar-refractivity contribution in [1.82, 2.24) is 4.57 Å². The predicted molar refractivity (Wildman–Crippen MR) is 77.7 cm³/mol. The van der Waals surface area contributed by atoms with Gasteiger partial charge in [0.15, 0.2) is 0 Å². The second-order valence-corrected chi connectivity index (χ2v) is 5.20. The highest BCUT2D eigenvalue weighted by Gasteiger charge is 2.17. The van der Waals surface area contributed by atoms with Gasteiger partial charge in [0, 0.05) is 12.7 Å². The zero-order valence-corrected chi connectivity index (χ0v) is 12.8. The number of nitrogen functional groups attached to an aromatic ring is 1. The summed E-state index contributed by atoms with van der Waals surface area (Å²) < 4.78 is 34.0. The number of carbonyl (C=O) groups is 1. The number of nitrogens with two attached hydrogens (primary N) is 1. The zero-order chi connectivity index (χ0) is 15.6. The van der Waals surface area contributed by atoms with Gasteiger partial charge in [-0.1, -0.05) is 0 Å². The van der Waals surface area contributed by atoms with Crippen LogP contribution in [0.5, 0.6) is 0 Å². The Kier molecular flexibility index (Phi) is 4.62. The normalized spacial score (nSPS) is 10.7. The molecule has 112 valence electrons. The van der Waals surface area contributed by atoms with Crippen molar-refractivity contribution in [1.29, 1.82) is 0 Å². The molecular weight excluding hydrogens is 346 g/mol. The molecule has 4 nitrogen and oxygen atoms in total. The van der Waals surface area contributed by atoms with E-state index in [1.54, 1.807) is 10.8 Å². The Morgan fingerprint density at radius 3 is 2.81 bits per heavy atom. The molecule has 2 rings (SSSR count). The van der Waals surface area contributed by atoms with E-state index in [2.05, 4.69) is 15.9 Å². The van der Waals surface area contributed by atoms with E-state index in [4.69, 9.17) is 10.5 Å². The summed E-state index contributed by atoms with van der Waals surface area (Å²) in [7, 11) is 0. The first-order chi connectivity index (χ1) is 9.93. The number of rotatable bonds is 4. The lowest BCUT2D eigenvalue weighted by Crippen LogP contribution is -2.12. The minimum Gasteiger partial charge on any atom is -0.456 e. The lowest BCUT2D eigenvalue weighted by molar-refractivity contribution is 0.0452. The summed E-state index contributed by atoms with van der Waals surface area (Å²) in [5.41, 5.74) is 5.97. The second-order valence-electron chi connectivity index (χ2n) is 4.34. The van der Waals surface area contributed by atoms with Gasteiger partial charge in [0.2, 0.25) is 0 Å². The van der Waals surface area contributed by atoms with Crippen LogP contribution in [0, 0.1) is 11.6 Å². The van der Waals surface area contributed by atoms with Gasteiger partial charge in [-0.25, -0.2) is 13.6 Å². The number of hydrogen-bond acceptors (Lipinski definition) is 3. The van der Waals surface area contributed by atoms with Gasteiger partial charge >= 0.3 is 5.97 Å². The molecule has 0 amide bonds. The van der Waals surface area contributed by atoms with E-state index in [-0.39, 0.29) is 15.7 Å². The quantitative estimate of drug-likeness (QED) is 0.672. The molecule has 0 saturated heterocycles. The maximum absolute atomic E-state index is 13.8. The van der Waals surface area contributed by atoms with Crippen LogP contribution in [-0.4, -0.2) is 10.5 Å². The Morgan fingerprint density at radius 2 is 2.14 bits per heavy atom. The molecule has 0 aliphatic carbocycles. The smallest absolute Gasteiger partial charge is 0.355 e. The Labute approximate surface area is 128 Å². The molecule has 7 heteroatoms. The number of halogens is 3. The van der Waals surface area contributed by atoms with Crippen LogP contribution in [-0.2, 0) is 17.9 Å². The highest BCUT2D eigenvalue weighted by Crippen LogP contribution is 2.22. The fourth-order valence-corrected chi connectivity index (χ4v) is 2.25. The summed E-state index contributed by atoms with van der Waals surface area (Å²) in [4.78, 5) is 12.0. The standard InChI is InChI=1S/C14H13BrF2N2O2/c1-2-19-6-8(18)5-12(19)14(20)21-7-9-11(16)4-3-10(15)13(9)17/h3-6H,2,7,18H2,1H3. The minimum atomic E-state index is -0.784. The fraction of sp³-hybridized carbons (Fsp3) is 0.214. The van der Waals surface area contributed by atoms with Gasteiger partial charge < -0.3 is 15.0 Å². The minimum absolute atomic E-state index is 0.108. The van der Waals surface area contributed by atoms with Crippen molar-refractivity contribution in [3.05, 3.63) is 51.8 Å². The van der Waals surface area contributed by atoms with Crippen LogP contribution in [0.15, 0.2) is 28.9 Å². The molecule has 0 saturated carbocycles. The van der Waals surface area contributed by atoms with Crippen LogP contribution in [0.25, 0.3) is 0 Å². The molecule has 0 bridgehead atoms. The van der Waals surface area contributed by atoms with Crippen molar-refractivity contribution in [2.75, 3.05) is 5.73 Å². The lowest BCUT2D eigenvalue weighted by Gasteiger charge is -2.09. The number of esters is 1. The van der Waals surface area contributed by atoms with Crippen LogP contribution in [0.1, 0.15) is 23.0 Å². The summed E-state index contributed by atoms with van der Waals surface area (Å²) in [5, 5.41) is 0. The first-order valence-corrected chi connectivity index (χ1v) is 6.98. The SMILES string of the molecule is CCn1cc(N)cc1C(=O)OCc1c(F)ccc(Br)c1F. The Bertz CT molecular complexity index is 686. The summed E-state index contributed by atoms with van der Waals surface area (Å²) in [6.07, 6.45) is 1.59. The number of aromatic nitrogens is 1. The van der Waals surface area contributed by atoms with E-state index in [1.807, 2.05) is 6.92 Å². The average Bonchev–Trinajstić information content (AvgIpc) is 2.84. The van der Waals surface area contributed by atoms with Gasteiger partial charge in [-0.2, -0.15) is 0 Å². The average molecular weight is 359 g/mol. The molecule has 0 fully saturated rings. The van der Waals surface area contributed by atoms with Crippen LogP contribution >= 0.6 is 15.9 Å².